The van der Waals surface area contributed by atoms with Crippen LogP contribution in [0.5, 0.6) is 0 Å². The number of carbonyl (C=O) groups is 1. The molecular formula is C14H19N5O3S. The predicted molar refractivity (Wildman–Crippen MR) is 87.4 cm³/mol. The molecule has 1 aromatic heterocycles. The van der Waals surface area contributed by atoms with Crippen LogP contribution >= 0.6 is 0 Å². The maximum Gasteiger partial charge on any atom is 0.280 e. The monoisotopic (exact) mass is 337 g/mol. The molecule has 0 spiro atoms. The van der Waals surface area contributed by atoms with E-state index in [4.69, 9.17) is 4.74 Å². The van der Waals surface area contributed by atoms with Crippen LogP contribution in [0.25, 0.3) is 0 Å². The van der Waals surface area contributed by atoms with Crippen molar-refractivity contribution in [3.05, 3.63) is 23.8 Å². The highest BCUT2D eigenvalue weighted by Gasteiger charge is 2.29. The fourth-order valence-electron chi connectivity index (χ4n) is 1.62. The smallest absolute Gasteiger partial charge is 0.280 e. The van der Waals surface area contributed by atoms with Crippen molar-refractivity contribution in [1.82, 2.24) is 15.0 Å². The number of amides is 1. The van der Waals surface area contributed by atoms with E-state index in [0.717, 1.165) is 0 Å². The molecule has 1 atom stereocenters. The number of hydrogen-bond acceptors (Lipinski definition) is 7. The van der Waals surface area contributed by atoms with Gasteiger partial charge in [-0.25, -0.2) is 9.99 Å². The van der Waals surface area contributed by atoms with Crippen molar-refractivity contribution in [3.8, 4) is 0 Å². The van der Waals surface area contributed by atoms with Gasteiger partial charge < -0.3 is 9.29 Å². The number of likely N-dealkylation sites (N-methyl/N-ethyl adjacent to an activating group) is 1. The molecule has 1 aromatic rings. The van der Waals surface area contributed by atoms with Gasteiger partial charge in [0.05, 0.1) is 0 Å². The quantitative estimate of drug-likeness (QED) is 0.602. The van der Waals surface area contributed by atoms with E-state index in [1.165, 1.54) is 24.5 Å². The molecule has 2 heterocycles. The van der Waals surface area contributed by atoms with Crippen LogP contribution in [0.4, 0.5) is 0 Å². The normalized spacial score (nSPS) is 17.7. The number of rotatable bonds is 3. The molecule has 0 aliphatic carbocycles. The first kappa shape index (κ1) is 17.4. The van der Waals surface area contributed by atoms with Gasteiger partial charge in [0, 0.05) is 19.4 Å². The molecule has 1 aliphatic rings. The van der Waals surface area contributed by atoms with Gasteiger partial charge in [0.15, 0.2) is 12.3 Å². The van der Waals surface area contributed by atoms with Crippen molar-refractivity contribution in [2.24, 2.45) is 9.50 Å². The lowest BCUT2D eigenvalue weighted by molar-refractivity contribution is -0.134. The van der Waals surface area contributed by atoms with E-state index >= 15 is 0 Å². The van der Waals surface area contributed by atoms with Crippen LogP contribution in [-0.2, 0) is 20.9 Å². The van der Waals surface area contributed by atoms with Gasteiger partial charge in [0.2, 0.25) is 0 Å². The molecule has 0 radical (unpaired) electrons. The summed E-state index contributed by atoms with van der Waals surface area (Å²) >= 11 is -1.42. The van der Waals surface area contributed by atoms with Crippen LogP contribution < -0.4 is 0 Å². The van der Waals surface area contributed by atoms with E-state index < -0.39 is 16.1 Å². The van der Waals surface area contributed by atoms with Gasteiger partial charge in [-0.05, 0) is 27.7 Å². The summed E-state index contributed by atoms with van der Waals surface area (Å²) < 4.78 is 21.3. The summed E-state index contributed by atoms with van der Waals surface area (Å²) in [7, 11) is 1.54. The van der Waals surface area contributed by atoms with Gasteiger partial charge >= 0.3 is 0 Å². The van der Waals surface area contributed by atoms with Crippen LogP contribution in [0.1, 0.15) is 39.1 Å². The number of carbonyl (C=O) groups excluding carboxylic acids is 1. The van der Waals surface area contributed by atoms with Gasteiger partial charge in [-0.3, -0.25) is 9.78 Å². The zero-order valence-electron chi connectivity index (χ0n) is 13.7. The van der Waals surface area contributed by atoms with E-state index in [1.807, 2.05) is 20.8 Å². The topological polar surface area (TPSA) is 103 Å². The Labute approximate surface area is 138 Å². The largest absolute Gasteiger partial charge is 0.591 e. The Hall–Kier alpha value is -2.00. The minimum absolute atomic E-state index is 0.116. The average molecular weight is 337 g/mol. The van der Waals surface area contributed by atoms with Gasteiger partial charge in [0.25, 0.3) is 11.8 Å². The molecule has 1 unspecified atom stereocenters. The van der Waals surface area contributed by atoms with Gasteiger partial charge in [0.1, 0.15) is 27.5 Å². The standard InChI is InChI=1S/C14H19N5O3S/c1-9(18-23(21)14(2,3)4)11-12(16-7-6-15-11)13-17-19(5)10(20)8-22-13/h6-7H,8H2,1-5H3. The van der Waals surface area contributed by atoms with Crippen LogP contribution in [0, 0.1) is 0 Å². The molecule has 124 valence electrons. The van der Waals surface area contributed by atoms with Crippen molar-refractivity contribution in [3.63, 3.8) is 0 Å². The fourth-order valence-corrected chi connectivity index (χ4v) is 2.23. The second kappa shape index (κ2) is 6.63. The molecule has 1 amide bonds. The average Bonchev–Trinajstić information content (AvgIpc) is 2.49. The second-order valence-corrected chi connectivity index (χ2v) is 7.81. The molecular weight excluding hydrogens is 318 g/mol. The van der Waals surface area contributed by atoms with E-state index in [2.05, 4.69) is 19.5 Å². The Morgan fingerprint density at radius 1 is 1.39 bits per heavy atom. The third-order valence-corrected chi connectivity index (χ3v) is 4.41. The highest BCUT2D eigenvalue weighted by atomic mass is 32.2. The Bertz CT molecular complexity index is 669. The van der Waals surface area contributed by atoms with Crippen molar-refractivity contribution < 1.29 is 14.1 Å². The summed E-state index contributed by atoms with van der Waals surface area (Å²) in [5, 5.41) is 5.24. The minimum Gasteiger partial charge on any atom is -0.591 e. The number of nitrogens with zero attached hydrogens (tertiary/aromatic N) is 5. The maximum atomic E-state index is 12.2. The van der Waals surface area contributed by atoms with Crippen LogP contribution in [0.3, 0.4) is 0 Å². The summed E-state index contributed by atoms with van der Waals surface area (Å²) in [5.41, 5.74) is 1.25. The van der Waals surface area contributed by atoms with Crippen LogP contribution in [-0.4, -0.2) is 55.4 Å². The fraction of sp³-hybridized carbons (Fsp3) is 0.500. The Kier molecular flexibility index (Phi) is 5.00. The highest BCUT2D eigenvalue weighted by molar-refractivity contribution is 7.91. The van der Waals surface area contributed by atoms with E-state index in [9.17, 15) is 9.35 Å². The first-order valence-electron chi connectivity index (χ1n) is 6.97. The highest BCUT2D eigenvalue weighted by Crippen LogP contribution is 2.19. The summed E-state index contributed by atoms with van der Waals surface area (Å²) in [5.74, 6) is -0.0651. The first-order valence-corrected chi connectivity index (χ1v) is 8.08. The van der Waals surface area contributed by atoms with Gasteiger partial charge in [-0.1, -0.05) is 4.40 Å². The molecule has 23 heavy (non-hydrogen) atoms. The van der Waals surface area contributed by atoms with E-state index in [0.29, 0.717) is 17.1 Å². The van der Waals surface area contributed by atoms with Crippen molar-refractivity contribution in [2.45, 2.75) is 32.4 Å². The van der Waals surface area contributed by atoms with Crippen molar-refractivity contribution >= 4 is 28.9 Å². The lowest BCUT2D eigenvalue weighted by Crippen LogP contribution is -2.35. The number of ether oxygens (including phenoxy) is 1. The van der Waals surface area contributed by atoms with Crippen LogP contribution in [0.2, 0.25) is 0 Å². The Morgan fingerprint density at radius 2 is 2.04 bits per heavy atom. The SMILES string of the molecule is CC(=N[S+]([O-])C(C)(C)C)c1nccnc1C1=NN(C)C(=O)CO1. The molecule has 0 fully saturated rings. The molecule has 0 aromatic carbocycles. The predicted octanol–water partition coefficient (Wildman–Crippen LogP) is 0.898. The molecule has 0 N–H and O–H groups in total. The molecule has 8 nitrogen and oxygen atoms in total. The zero-order valence-corrected chi connectivity index (χ0v) is 14.5. The van der Waals surface area contributed by atoms with Gasteiger partial charge in [-0.15, -0.1) is 5.10 Å². The summed E-state index contributed by atoms with van der Waals surface area (Å²) in [6.07, 6.45) is 3.01. The lowest BCUT2D eigenvalue weighted by Gasteiger charge is -2.21. The number of hydrogen-bond donors (Lipinski definition) is 0. The summed E-state index contributed by atoms with van der Waals surface area (Å²) in [6.45, 7) is 7.11. The molecule has 2 rings (SSSR count). The molecule has 0 bridgehead atoms. The van der Waals surface area contributed by atoms with E-state index in [-0.39, 0.29) is 18.4 Å². The van der Waals surface area contributed by atoms with Gasteiger partial charge in [-0.2, -0.15) is 0 Å². The minimum atomic E-state index is -1.42. The Balaban J connectivity index is 2.40. The first-order chi connectivity index (χ1) is 10.7. The second-order valence-electron chi connectivity index (χ2n) is 5.90. The molecule has 0 saturated heterocycles. The summed E-state index contributed by atoms with van der Waals surface area (Å²) in [4.78, 5) is 19.9. The molecule has 1 aliphatic heterocycles. The van der Waals surface area contributed by atoms with E-state index in [1.54, 1.807) is 6.92 Å². The van der Waals surface area contributed by atoms with Crippen LogP contribution in [0.15, 0.2) is 21.9 Å². The van der Waals surface area contributed by atoms with Crippen molar-refractivity contribution in [1.29, 1.82) is 0 Å². The molecule has 9 heteroatoms. The molecule has 0 saturated carbocycles. The third kappa shape index (κ3) is 4.05. The zero-order chi connectivity index (χ0) is 17.2. The lowest BCUT2D eigenvalue weighted by atomic mass is 10.2. The number of hydrazone groups is 1. The Morgan fingerprint density at radius 3 is 2.65 bits per heavy atom. The number of aromatic nitrogens is 2. The maximum absolute atomic E-state index is 12.2. The van der Waals surface area contributed by atoms with Crippen molar-refractivity contribution in [2.75, 3.05) is 13.7 Å². The third-order valence-electron chi connectivity index (χ3n) is 2.92. The summed E-state index contributed by atoms with van der Waals surface area (Å²) in [6, 6.07) is 0.